The first kappa shape index (κ1) is 9.52. The van der Waals surface area contributed by atoms with Gasteiger partial charge in [-0.1, -0.05) is 0 Å². The van der Waals surface area contributed by atoms with Crippen LogP contribution in [0.2, 0.25) is 5.28 Å². The molecule has 14 heavy (non-hydrogen) atoms. The molecule has 1 aromatic heterocycles. The van der Waals surface area contributed by atoms with Gasteiger partial charge in [-0.3, -0.25) is 0 Å². The van der Waals surface area contributed by atoms with Gasteiger partial charge in [0.15, 0.2) is 0 Å². The van der Waals surface area contributed by atoms with Crippen LogP contribution in [0.4, 0.5) is 5.82 Å². The van der Waals surface area contributed by atoms with E-state index < -0.39 is 0 Å². The van der Waals surface area contributed by atoms with Gasteiger partial charge in [0.05, 0.1) is 12.7 Å². The molecule has 0 spiro atoms. The zero-order valence-electron chi connectivity index (χ0n) is 8.25. The molecule has 2 rings (SSSR count). The van der Waals surface area contributed by atoms with Crippen LogP contribution in [0.25, 0.3) is 0 Å². The van der Waals surface area contributed by atoms with E-state index in [0.29, 0.717) is 5.88 Å². The summed E-state index contributed by atoms with van der Waals surface area (Å²) in [4.78, 5) is 10.3. The minimum Gasteiger partial charge on any atom is -0.481 e. The van der Waals surface area contributed by atoms with Gasteiger partial charge in [-0.2, -0.15) is 4.98 Å². The molecule has 0 N–H and O–H groups in total. The zero-order valence-corrected chi connectivity index (χ0v) is 9.01. The maximum Gasteiger partial charge on any atom is 0.227 e. The predicted molar refractivity (Wildman–Crippen MR) is 55.2 cm³/mol. The quantitative estimate of drug-likeness (QED) is 0.663. The van der Waals surface area contributed by atoms with Crippen molar-refractivity contribution in [2.45, 2.75) is 12.8 Å². The second-order valence-corrected chi connectivity index (χ2v) is 3.67. The summed E-state index contributed by atoms with van der Waals surface area (Å²) >= 11 is 5.80. The van der Waals surface area contributed by atoms with E-state index in [0.717, 1.165) is 30.8 Å². The molecular weight excluding hydrogens is 202 g/mol. The molecule has 0 radical (unpaired) electrons. The van der Waals surface area contributed by atoms with Crippen LogP contribution in [0.15, 0.2) is 0 Å². The first-order valence-corrected chi connectivity index (χ1v) is 4.91. The van der Waals surface area contributed by atoms with Gasteiger partial charge in [0.1, 0.15) is 5.82 Å². The normalized spacial score (nSPS) is 15.2. The molecular formula is C9H12ClN3O. The zero-order chi connectivity index (χ0) is 10.1. The summed E-state index contributed by atoms with van der Waals surface area (Å²) in [7, 11) is 3.61. The lowest BCUT2D eigenvalue weighted by Gasteiger charge is -2.26. The molecule has 1 aliphatic rings. The fraction of sp³-hybridized carbons (Fsp3) is 0.556. The van der Waals surface area contributed by atoms with Crippen molar-refractivity contribution >= 4 is 17.4 Å². The van der Waals surface area contributed by atoms with Crippen LogP contribution >= 0.6 is 11.6 Å². The lowest BCUT2D eigenvalue weighted by molar-refractivity contribution is 0.389. The summed E-state index contributed by atoms with van der Waals surface area (Å²) in [5.74, 6) is 1.50. The molecule has 0 fully saturated rings. The summed E-state index contributed by atoms with van der Waals surface area (Å²) in [6.45, 7) is 1.00. The van der Waals surface area contributed by atoms with Crippen LogP contribution < -0.4 is 9.64 Å². The maximum absolute atomic E-state index is 5.80. The van der Waals surface area contributed by atoms with E-state index >= 15 is 0 Å². The molecule has 0 aromatic carbocycles. The van der Waals surface area contributed by atoms with Crippen molar-refractivity contribution in [1.29, 1.82) is 0 Å². The number of hydrogen-bond acceptors (Lipinski definition) is 4. The van der Waals surface area contributed by atoms with Gasteiger partial charge < -0.3 is 9.64 Å². The van der Waals surface area contributed by atoms with Crippen LogP contribution in [0.5, 0.6) is 5.88 Å². The topological polar surface area (TPSA) is 38.3 Å². The maximum atomic E-state index is 5.80. The van der Waals surface area contributed by atoms with Gasteiger partial charge in [0.2, 0.25) is 11.2 Å². The number of fused-ring (bicyclic) bond motifs is 1. The summed E-state index contributed by atoms with van der Waals surface area (Å²) in [6, 6.07) is 0. The van der Waals surface area contributed by atoms with Crippen LogP contribution in [-0.4, -0.2) is 30.7 Å². The molecule has 0 bridgehead atoms. The van der Waals surface area contributed by atoms with Crippen LogP contribution in [0.3, 0.4) is 0 Å². The monoisotopic (exact) mass is 213 g/mol. The number of rotatable bonds is 1. The number of halogens is 1. The highest BCUT2D eigenvalue weighted by Gasteiger charge is 2.21. The third-order valence-corrected chi connectivity index (χ3v) is 2.56. The molecule has 0 aliphatic carbocycles. The minimum absolute atomic E-state index is 0.245. The first-order chi connectivity index (χ1) is 6.72. The molecule has 1 aliphatic heterocycles. The Hall–Kier alpha value is -1.03. The molecule has 5 heteroatoms. The van der Waals surface area contributed by atoms with Gasteiger partial charge in [0, 0.05) is 13.6 Å². The highest BCUT2D eigenvalue weighted by molar-refractivity contribution is 6.28. The van der Waals surface area contributed by atoms with Crippen molar-refractivity contribution in [3.05, 3.63) is 10.8 Å². The molecule has 2 heterocycles. The fourth-order valence-electron chi connectivity index (χ4n) is 1.73. The SMILES string of the molecule is COc1nc(Cl)nc2c1CCCN2C. The summed E-state index contributed by atoms with van der Waals surface area (Å²) in [5.41, 5.74) is 1.06. The number of aromatic nitrogens is 2. The lowest BCUT2D eigenvalue weighted by atomic mass is 10.1. The second kappa shape index (κ2) is 3.61. The molecule has 4 nitrogen and oxygen atoms in total. The van der Waals surface area contributed by atoms with E-state index in [9.17, 15) is 0 Å². The Balaban J connectivity index is 2.54. The molecule has 1 aromatic rings. The van der Waals surface area contributed by atoms with Gasteiger partial charge in [-0.05, 0) is 24.4 Å². The highest BCUT2D eigenvalue weighted by atomic mass is 35.5. The van der Waals surface area contributed by atoms with Crippen LogP contribution in [0.1, 0.15) is 12.0 Å². The Morgan fingerprint density at radius 3 is 2.93 bits per heavy atom. The molecule has 0 amide bonds. The smallest absolute Gasteiger partial charge is 0.227 e. The second-order valence-electron chi connectivity index (χ2n) is 3.33. The predicted octanol–water partition coefficient (Wildman–Crippen LogP) is 1.52. The van der Waals surface area contributed by atoms with Crippen molar-refractivity contribution < 1.29 is 4.74 Å². The van der Waals surface area contributed by atoms with Gasteiger partial charge in [0.25, 0.3) is 0 Å². The van der Waals surface area contributed by atoms with E-state index in [-0.39, 0.29) is 5.28 Å². The molecule has 0 saturated heterocycles. The standard InChI is InChI=1S/C9H12ClN3O/c1-13-5-3-4-6-7(13)11-9(10)12-8(6)14-2/h3-5H2,1-2H3. The Bertz CT molecular complexity index is 356. The van der Waals surface area contributed by atoms with Crippen molar-refractivity contribution in [2.75, 3.05) is 25.6 Å². The van der Waals surface area contributed by atoms with Gasteiger partial charge in [-0.15, -0.1) is 0 Å². The Labute approximate surface area is 87.9 Å². The average Bonchev–Trinajstić information content (AvgIpc) is 2.18. The Kier molecular flexibility index (Phi) is 2.46. The van der Waals surface area contributed by atoms with Crippen LogP contribution in [0, 0.1) is 0 Å². The molecule has 0 saturated carbocycles. The Morgan fingerprint density at radius 2 is 2.21 bits per heavy atom. The minimum atomic E-state index is 0.245. The van der Waals surface area contributed by atoms with Gasteiger partial charge >= 0.3 is 0 Å². The summed E-state index contributed by atoms with van der Waals surface area (Å²) in [6.07, 6.45) is 2.06. The lowest BCUT2D eigenvalue weighted by Crippen LogP contribution is -2.26. The number of anilines is 1. The summed E-state index contributed by atoms with van der Waals surface area (Å²) < 4.78 is 5.18. The third kappa shape index (κ3) is 1.50. The van der Waals surface area contributed by atoms with E-state index in [1.807, 2.05) is 7.05 Å². The van der Waals surface area contributed by atoms with E-state index in [1.165, 1.54) is 0 Å². The number of hydrogen-bond donors (Lipinski definition) is 0. The van der Waals surface area contributed by atoms with E-state index in [4.69, 9.17) is 16.3 Å². The highest BCUT2D eigenvalue weighted by Crippen LogP contribution is 2.31. The van der Waals surface area contributed by atoms with Crippen molar-refractivity contribution in [3.63, 3.8) is 0 Å². The summed E-state index contributed by atoms with van der Waals surface area (Å²) in [5, 5.41) is 0.245. The molecule has 0 unspecified atom stereocenters. The largest absolute Gasteiger partial charge is 0.481 e. The van der Waals surface area contributed by atoms with Gasteiger partial charge in [-0.25, -0.2) is 4.98 Å². The third-order valence-electron chi connectivity index (χ3n) is 2.40. The average molecular weight is 214 g/mol. The Morgan fingerprint density at radius 1 is 1.43 bits per heavy atom. The van der Waals surface area contributed by atoms with Crippen molar-refractivity contribution in [3.8, 4) is 5.88 Å². The van der Waals surface area contributed by atoms with Crippen molar-refractivity contribution in [2.24, 2.45) is 0 Å². The fourth-order valence-corrected chi connectivity index (χ4v) is 1.89. The van der Waals surface area contributed by atoms with E-state index in [2.05, 4.69) is 14.9 Å². The number of nitrogens with zero attached hydrogens (tertiary/aromatic N) is 3. The molecule has 76 valence electrons. The number of methoxy groups -OCH3 is 1. The number of ether oxygens (including phenoxy) is 1. The first-order valence-electron chi connectivity index (χ1n) is 4.54. The molecule has 0 atom stereocenters. The van der Waals surface area contributed by atoms with E-state index in [1.54, 1.807) is 7.11 Å². The van der Waals surface area contributed by atoms with Crippen molar-refractivity contribution in [1.82, 2.24) is 9.97 Å². The van der Waals surface area contributed by atoms with Crippen LogP contribution in [-0.2, 0) is 6.42 Å².